The molecule has 2 aromatic carbocycles. The number of aryl methyl sites for hydroxylation is 1. The lowest BCUT2D eigenvalue weighted by atomic mass is 10.2. The minimum absolute atomic E-state index is 0.0142. The number of benzene rings is 2. The van der Waals surface area contributed by atoms with Gasteiger partial charge in [-0.25, -0.2) is 4.98 Å². The molecule has 0 amide bonds. The fourth-order valence-electron chi connectivity index (χ4n) is 2.94. The first-order chi connectivity index (χ1) is 13.7. The van der Waals surface area contributed by atoms with Gasteiger partial charge in [0, 0.05) is 26.0 Å². The van der Waals surface area contributed by atoms with Crippen molar-refractivity contribution in [1.29, 1.82) is 0 Å². The summed E-state index contributed by atoms with van der Waals surface area (Å²) in [6.45, 7) is 3.90. The molecule has 0 atom stereocenters. The van der Waals surface area contributed by atoms with Crippen molar-refractivity contribution in [1.82, 2.24) is 9.55 Å². The number of aromatic nitrogens is 2. The molecule has 5 nitrogen and oxygen atoms in total. The normalized spacial score (nSPS) is 11.1. The predicted molar refractivity (Wildman–Crippen MR) is 115 cm³/mol. The van der Waals surface area contributed by atoms with Gasteiger partial charge in [-0.3, -0.25) is 9.36 Å². The summed E-state index contributed by atoms with van der Waals surface area (Å²) in [5.74, 6) is 1.76. The first-order valence-electron chi connectivity index (χ1n) is 9.50. The topological polar surface area (TPSA) is 53.4 Å². The Morgan fingerprint density at radius 2 is 1.82 bits per heavy atom. The molecule has 28 heavy (non-hydrogen) atoms. The molecule has 0 radical (unpaired) electrons. The van der Waals surface area contributed by atoms with Gasteiger partial charge in [0.2, 0.25) is 0 Å². The van der Waals surface area contributed by atoms with Crippen LogP contribution < -0.4 is 10.3 Å². The second-order valence-electron chi connectivity index (χ2n) is 6.53. The van der Waals surface area contributed by atoms with Gasteiger partial charge in [0.1, 0.15) is 5.75 Å². The summed E-state index contributed by atoms with van der Waals surface area (Å²) in [6, 6.07) is 15.5. The standard InChI is InChI=1S/C22H26N2O3S/c1-17-9-3-6-12-20(17)27-15-8-16-28-22-23-19-11-5-4-10-18(19)21(25)24(22)13-7-14-26-2/h3-6,9-12H,7-8,13-16H2,1-2H3. The molecule has 3 aromatic rings. The van der Waals surface area contributed by atoms with Crippen molar-refractivity contribution in [3.8, 4) is 5.75 Å². The molecule has 0 bridgehead atoms. The van der Waals surface area contributed by atoms with E-state index in [-0.39, 0.29) is 5.56 Å². The number of para-hydroxylation sites is 2. The highest BCUT2D eigenvalue weighted by atomic mass is 32.2. The van der Waals surface area contributed by atoms with E-state index in [4.69, 9.17) is 14.5 Å². The molecule has 0 aliphatic heterocycles. The van der Waals surface area contributed by atoms with Crippen LogP contribution in [0.2, 0.25) is 0 Å². The minimum Gasteiger partial charge on any atom is -0.493 e. The van der Waals surface area contributed by atoms with E-state index in [1.165, 1.54) is 0 Å². The van der Waals surface area contributed by atoms with E-state index in [9.17, 15) is 4.79 Å². The Kier molecular flexibility index (Phi) is 7.51. The van der Waals surface area contributed by atoms with E-state index >= 15 is 0 Å². The summed E-state index contributed by atoms with van der Waals surface area (Å²) < 4.78 is 12.8. The molecule has 148 valence electrons. The molecule has 0 aliphatic rings. The Balaban J connectivity index is 1.66. The number of hydrogen-bond donors (Lipinski definition) is 0. The molecule has 0 fully saturated rings. The number of ether oxygens (including phenoxy) is 2. The van der Waals surface area contributed by atoms with Gasteiger partial charge in [0.15, 0.2) is 5.16 Å². The summed E-state index contributed by atoms with van der Waals surface area (Å²) in [5.41, 5.74) is 1.90. The lowest BCUT2D eigenvalue weighted by Gasteiger charge is -2.13. The maximum atomic E-state index is 12.9. The highest BCUT2D eigenvalue weighted by Gasteiger charge is 2.11. The van der Waals surface area contributed by atoms with Crippen LogP contribution in [0, 0.1) is 6.92 Å². The number of methoxy groups -OCH3 is 1. The lowest BCUT2D eigenvalue weighted by Crippen LogP contribution is -2.24. The summed E-state index contributed by atoms with van der Waals surface area (Å²) in [7, 11) is 1.67. The largest absolute Gasteiger partial charge is 0.493 e. The van der Waals surface area contributed by atoms with Gasteiger partial charge in [-0.15, -0.1) is 0 Å². The van der Waals surface area contributed by atoms with E-state index in [0.717, 1.165) is 40.6 Å². The minimum atomic E-state index is 0.0142. The first kappa shape index (κ1) is 20.4. The van der Waals surface area contributed by atoms with Crippen LogP contribution in [0.3, 0.4) is 0 Å². The molecule has 0 saturated heterocycles. The van der Waals surface area contributed by atoms with Crippen LogP contribution in [0.5, 0.6) is 5.75 Å². The Bertz CT molecular complexity index is 971. The van der Waals surface area contributed by atoms with Crippen LogP contribution in [0.25, 0.3) is 10.9 Å². The van der Waals surface area contributed by atoms with Crippen LogP contribution in [-0.4, -0.2) is 35.6 Å². The second-order valence-corrected chi connectivity index (χ2v) is 7.59. The average Bonchev–Trinajstić information content (AvgIpc) is 2.71. The summed E-state index contributed by atoms with van der Waals surface area (Å²) >= 11 is 1.60. The second kappa shape index (κ2) is 10.3. The molecular weight excluding hydrogens is 372 g/mol. The zero-order valence-corrected chi connectivity index (χ0v) is 17.2. The molecular formula is C22H26N2O3S. The van der Waals surface area contributed by atoms with Gasteiger partial charge in [-0.05, 0) is 43.5 Å². The molecule has 6 heteroatoms. The van der Waals surface area contributed by atoms with E-state index in [1.807, 2.05) is 55.5 Å². The van der Waals surface area contributed by atoms with Crippen molar-refractivity contribution >= 4 is 22.7 Å². The van der Waals surface area contributed by atoms with Crippen LogP contribution in [0.1, 0.15) is 18.4 Å². The number of nitrogens with zero attached hydrogens (tertiary/aromatic N) is 2. The molecule has 0 spiro atoms. The maximum absolute atomic E-state index is 12.9. The van der Waals surface area contributed by atoms with Crippen molar-refractivity contribution in [3.05, 3.63) is 64.4 Å². The van der Waals surface area contributed by atoms with Crippen molar-refractivity contribution in [3.63, 3.8) is 0 Å². The van der Waals surface area contributed by atoms with Gasteiger partial charge in [-0.2, -0.15) is 0 Å². The third kappa shape index (κ3) is 5.14. The SMILES string of the molecule is COCCCn1c(SCCCOc2ccccc2C)nc2ccccc2c1=O. The fourth-order valence-corrected chi connectivity index (χ4v) is 3.88. The number of hydrogen-bond acceptors (Lipinski definition) is 5. The lowest BCUT2D eigenvalue weighted by molar-refractivity contribution is 0.189. The quantitative estimate of drug-likeness (QED) is 0.289. The van der Waals surface area contributed by atoms with Gasteiger partial charge in [0.05, 0.1) is 17.5 Å². The Hall–Kier alpha value is -2.31. The van der Waals surface area contributed by atoms with Crippen LogP contribution in [0.4, 0.5) is 0 Å². The molecule has 0 unspecified atom stereocenters. The Morgan fingerprint density at radius 1 is 1.04 bits per heavy atom. The smallest absolute Gasteiger partial charge is 0.262 e. The zero-order valence-electron chi connectivity index (χ0n) is 16.4. The molecule has 0 aliphatic carbocycles. The highest BCUT2D eigenvalue weighted by Crippen LogP contribution is 2.20. The maximum Gasteiger partial charge on any atom is 0.262 e. The Labute approximate surface area is 169 Å². The molecule has 1 heterocycles. The van der Waals surface area contributed by atoms with Crippen molar-refractivity contribution in [2.45, 2.75) is 31.5 Å². The van der Waals surface area contributed by atoms with Crippen molar-refractivity contribution in [2.75, 3.05) is 26.1 Å². The van der Waals surface area contributed by atoms with E-state index in [2.05, 4.69) is 0 Å². The number of thioether (sulfide) groups is 1. The zero-order chi connectivity index (χ0) is 19.8. The third-order valence-corrected chi connectivity index (χ3v) is 5.49. The average molecular weight is 399 g/mol. The monoisotopic (exact) mass is 398 g/mol. The van der Waals surface area contributed by atoms with E-state index in [1.54, 1.807) is 23.4 Å². The summed E-state index contributed by atoms with van der Waals surface area (Å²) in [5, 5.41) is 1.42. The molecule has 0 N–H and O–H groups in total. The molecule has 1 aromatic heterocycles. The van der Waals surface area contributed by atoms with Gasteiger partial charge in [-0.1, -0.05) is 42.1 Å². The van der Waals surface area contributed by atoms with Crippen LogP contribution in [-0.2, 0) is 11.3 Å². The third-order valence-electron chi connectivity index (χ3n) is 4.43. The summed E-state index contributed by atoms with van der Waals surface area (Å²) in [4.78, 5) is 17.6. The molecule has 3 rings (SSSR count). The van der Waals surface area contributed by atoms with Gasteiger partial charge < -0.3 is 9.47 Å². The molecule has 0 saturated carbocycles. The van der Waals surface area contributed by atoms with Crippen LogP contribution >= 0.6 is 11.8 Å². The van der Waals surface area contributed by atoms with Gasteiger partial charge in [0.25, 0.3) is 5.56 Å². The highest BCUT2D eigenvalue weighted by molar-refractivity contribution is 7.99. The van der Waals surface area contributed by atoms with Crippen molar-refractivity contribution in [2.24, 2.45) is 0 Å². The van der Waals surface area contributed by atoms with E-state index < -0.39 is 0 Å². The first-order valence-corrected chi connectivity index (χ1v) is 10.5. The fraction of sp³-hybridized carbons (Fsp3) is 0.364. The number of rotatable bonds is 10. The predicted octanol–water partition coefficient (Wildman–Crippen LogP) is 4.30. The number of fused-ring (bicyclic) bond motifs is 1. The van der Waals surface area contributed by atoms with Gasteiger partial charge >= 0.3 is 0 Å². The van der Waals surface area contributed by atoms with Crippen LogP contribution in [0.15, 0.2) is 58.5 Å². The Morgan fingerprint density at radius 3 is 2.64 bits per heavy atom. The van der Waals surface area contributed by atoms with Crippen molar-refractivity contribution < 1.29 is 9.47 Å². The summed E-state index contributed by atoms with van der Waals surface area (Å²) in [6.07, 6.45) is 1.65. The van der Waals surface area contributed by atoms with E-state index in [0.29, 0.717) is 25.1 Å².